The molecule has 11 heteroatoms. The van der Waals surface area contributed by atoms with Gasteiger partial charge >= 0.3 is 0 Å². The average molecular weight is 458 g/mol. The third-order valence-electron chi connectivity index (χ3n) is 5.96. The summed E-state index contributed by atoms with van der Waals surface area (Å²) in [5.74, 6) is 0.266. The normalized spacial score (nSPS) is 16.7. The van der Waals surface area contributed by atoms with E-state index in [1.54, 1.807) is 17.4 Å². The molecule has 0 radical (unpaired) electrons. The fourth-order valence-corrected chi connectivity index (χ4v) is 5.19. The van der Waals surface area contributed by atoms with E-state index in [0.717, 1.165) is 19.0 Å². The molecule has 1 saturated heterocycles. The molecule has 0 amide bonds. The number of fused-ring (bicyclic) bond motifs is 1. The molecular weight excluding hydrogens is 433 g/mol. The lowest BCUT2D eigenvalue weighted by molar-refractivity contribution is 0.257. The van der Waals surface area contributed by atoms with Crippen molar-refractivity contribution >= 4 is 32.7 Å². The highest BCUT2D eigenvalue weighted by molar-refractivity contribution is 7.89. The molecule has 0 saturated carbocycles. The highest BCUT2D eigenvalue weighted by Gasteiger charge is 2.29. The molecule has 0 aliphatic carbocycles. The zero-order chi connectivity index (χ0) is 22.9. The predicted molar refractivity (Wildman–Crippen MR) is 120 cm³/mol. The van der Waals surface area contributed by atoms with Crippen LogP contribution in [0, 0.1) is 18.3 Å². The Hall–Kier alpha value is -3.10. The Kier molecular flexibility index (Phi) is 6.08. The number of aromatic nitrogens is 4. The van der Waals surface area contributed by atoms with Crippen LogP contribution in [0.1, 0.15) is 26.7 Å². The van der Waals surface area contributed by atoms with Gasteiger partial charge in [0.2, 0.25) is 21.7 Å². The lowest BCUT2D eigenvalue weighted by atomic mass is 9.91. The van der Waals surface area contributed by atoms with Gasteiger partial charge < -0.3 is 10.3 Å². The summed E-state index contributed by atoms with van der Waals surface area (Å²) in [6.45, 7) is 12.2. The number of piperidine rings is 1. The van der Waals surface area contributed by atoms with E-state index in [1.807, 2.05) is 6.92 Å². The van der Waals surface area contributed by atoms with Gasteiger partial charge in [0.25, 0.3) is 0 Å². The third kappa shape index (κ3) is 4.28. The molecule has 32 heavy (non-hydrogen) atoms. The molecule has 0 bridgehead atoms. The van der Waals surface area contributed by atoms with E-state index in [-0.39, 0.29) is 23.4 Å². The van der Waals surface area contributed by atoms with Crippen molar-refractivity contribution in [1.82, 2.24) is 24.2 Å². The number of nitrogens with zero attached hydrogens (tertiary/aromatic N) is 5. The second-order valence-electron chi connectivity index (χ2n) is 7.86. The van der Waals surface area contributed by atoms with Crippen molar-refractivity contribution < 1.29 is 12.8 Å². The van der Waals surface area contributed by atoms with E-state index < -0.39 is 15.8 Å². The summed E-state index contributed by atoms with van der Waals surface area (Å²) in [6, 6.07) is 1.37. The van der Waals surface area contributed by atoms with Crippen molar-refractivity contribution in [3.8, 4) is 11.3 Å². The van der Waals surface area contributed by atoms with Gasteiger partial charge in [-0.15, -0.1) is 0 Å². The zero-order valence-corrected chi connectivity index (χ0v) is 18.7. The Morgan fingerprint density at radius 3 is 2.78 bits per heavy atom. The fraction of sp³-hybridized carbons (Fsp3) is 0.429. The first-order chi connectivity index (χ1) is 15.3. The molecule has 4 heterocycles. The molecule has 0 spiro atoms. The topological polar surface area (TPSA) is 108 Å². The van der Waals surface area contributed by atoms with Crippen LogP contribution in [0.25, 0.3) is 27.1 Å². The lowest BCUT2D eigenvalue weighted by Crippen LogP contribution is -2.42. The molecule has 9 nitrogen and oxygen atoms in total. The fourth-order valence-electron chi connectivity index (χ4n) is 4.06. The van der Waals surface area contributed by atoms with E-state index in [2.05, 4.69) is 30.1 Å². The number of hydrogen-bond acceptors (Lipinski definition) is 6. The van der Waals surface area contributed by atoms with Gasteiger partial charge in [-0.2, -0.15) is 0 Å². The number of anilines is 1. The number of halogens is 1. The second-order valence-corrected chi connectivity index (χ2v) is 10.1. The van der Waals surface area contributed by atoms with E-state index >= 15 is 0 Å². The molecule has 1 aliphatic rings. The highest BCUT2D eigenvalue weighted by atomic mass is 32.2. The molecule has 1 unspecified atom stereocenters. The minimum absolute atomic E-state index is 0.00945. The Morgan fingerprint density at radius 1 is 1.34 bits per heavy atom. The minimum atomic E-state index is -3.16. The summed E-state index contributed by atoms with van der Waals surface area (Å²) in [5.41, 5.74) is 1.74. The van der Waals surface area contributed by atoms with E-state index in [9.17, 15) is 12.8 Å². The van der Waals surface area contributed by atoms with Crippen LogP contribution in [0.4, 0.5) is 16.0 Å². The number of nitrogens with one attached hydrogen (secondary N) is 2. The SMILES string of the molecule is [C-]#[N+]c1cnc(NC(C)C2CCN(S(=O)(=O)CC)CC2)nc1-c1c[nH]c2ncc(F)cc12. The van der Waals surface area contributed by atoms with Crippen LogP contribution in [0.15, 0.2) is 24.7 Å². The molecule has 4 rings (SSSR count). The predicted octanol–water partition coefficient (Wildman–Crippen LogP) is 3.57. The van der Waals surface area contributed by atoms with Gasteiger partial charge in [-0.3, -0.25) is 0 Å². The van der Waals surface area contributed by atoms with Crippen LogP contribution in [-0.2, 0) is 10.0 Å². The molecule has 3 aromatic heterocycles. The Bertz CT molecular complexity index is 1280. The molecule has 3 aromatic rings. The second kappa shape index (κ2) is 8.80. The van der Waals surface area contributed by atoms with Crippen LogP contribution in [0.3, 0.4) is 0 Å². The van der Waals surface area contributed by atoms with Gasteiger partial charge in [-0.25, -0.2) is 36.9 Å². The lowest BCUT2D eigenvalue weighted by Gasteiger charge is -2.34. The quantitative estimate of drug-likeness (QED) is 0.548. The van der Waals surface area contributed by atoms with Gasteiger partial charge in [-0.05, 0) is 38.7 Å². The average Bonchev–Trinajstić information content (AvgIpc) is 3.22. The van der Waals surface area contributed by atoms with Crippen LogP contribution in [0.5, 0.6) is 0 Å². The van der Waals surface area contributed by atoms with Crippen molar-refractivity contribution in [3.63, 3.8) is 0 Å². The van der Waals surface area contributed by atoms with Gasteiger partial charge in [-0.1, -0.05) is 0 Å². The van der Waals surface area contributed by atoms with Crippen molar-refractivity contribution in [2.75, 3.05) is 24.2 Å². The first kappa shape index (κ1) is 22.1. The summed E-state index contributed by atoms with van der Waals surface area (Å²) < 4.78 is 39.5. The minimum Gasteiger partial charge on any atom is -0.352 e. The molecular formula is C21H24FN7O2S. The van der Waals surface area contributed by atoms with Crippen LogP contribution in [-0.4, -0.2) is 57.5 Å². The third-order valence-corrected chi connectivity index (χ3v) is 7.84. The first-order valence-electron chi connectivity index (χ1n) is 10.4. The highest BCUT2D eigenvalue weighted by Crippen LogP contribution is 2.34. The van der Waals surface area contributed by atoms with Gasteiger partial charge in [0.1, 0.15) is 11.5 Å². The molecule has 0 aromatic carbocycles. The maximum absolute atomic E-state index is 13.8. The van der Waals surface area contributed by atoms with Crippen molar-refractivity contribution in [2.24, 2.45) is 5.92 Å². The van der Waals surface area contributed by atoms with Gasteiger partial charge in [0.05, 0.1) is 24.2 Å². The maximum Gasteiger partial charge on any atom is 0.231 e. The summed E-state index contributed by atoms with van der Waals surface area (Å²) in [5, 5.41) is 3.84. The van der Waals surface area contributed by atoms with Crippen LogP contribution < -0.4 is 5.32 Å². The van der Waals surface area contributed by atoms with Crippen molar-refractivity contribution in [2.45, 2.75) is 32.7 Å². The van der Waals surface area contributed by atoms with E-state index in [0.29, 0.717) is 41.3 Å². The number of rotatable bonds is 6. The van der Waals surface area contributed by atoms with E-state index in [4.69, 9.17) is 6.57 Å². The summed E-state index contributed by atoms with van der Waals surface area (Å²) >= 11 is 0. The molecule has 1 aliphatic heterocycles. The molecule has 1 fully saturated rings. The summed E-state index contributed by atoms with van der Waals surface area (Å²) in [4.78, 5) is 19.4. The first-order valence-corrected chi connectivity index (χ1v) is 12.0. The monoisotopic (exact) mass is 457 g/mol. The largest absolute Gasteiger partial charge is 0.352 e. The van der Waals surface area contributed by atoms with Crippen molar-refractivity contribution in [1.29, 1.82) is 0 Å². The maximum atomic E-state index is 13.8. The molecule has 1 atom stereocenters. The summed E-state index contributed by atoms with van der Waals surface area (Å²) in [6.07, 6.45) is 5.73. The molecule has 168 valence electrons. The van der Waals surface area contributed by atoms with Crippen LogP contribution in [0.2, 0.25) is 0 Å². The smallest absolute Gasteiger partial charge is 0.231 e. The Morgan fingerprint density at radius 2 is 2.09 bits per heavy atom. The number of aromatic amines is 1. The van der Waals surface area contributed by atoms with Crippen molar-refractivity contribution in [3.05, 3.63) is 41.9 Å². The van der Waals surface area contributed by atoms with Gasteiger partial charge in [0.15, 0.2) is 0 Å². The molecule has 2 N–H and O–H groups in total. The van der Waals surface area contributed by atoms with Gasteiger partial charge in [0, 0.05) is 42.5 Å². The number of sulfonamides is 1. The zero-order valence-electron chi connectivity index (χ0n) is 17.8. The Labute approximate surface area is 186 Å². The summed E-state index contributed by atoms with van der Waals surface area (Å²) in [7, 11) is -3.16. The number of H-pyrrole nitrogens is 1. The van der Waals surface area contributed by atoms with Crippen LogP contribution >= 0.6 is 0 Å². The Balaban J connectivity index is 1.54. The standard InChI is InChI=1S/C21H24FN7O2S/c1-4-32(30,31)29-7-5-14(6-8-29)13(2)27-21-26-12-18(23-3)19(28-21)17-11-25-20-16(17)9-15(22)10-24-20/h9-14H,4-8H2,1-2H3,(H,24,25)(H,26,27,28). The number of pyridine rings is 1. The van der Waals surface area contributed by atoms with E-state index in [1.165, 1.54) is 12.3 Å². The number of hydrogen-bond donors (Lipinski definition) is 2.